The maximum Gasteiger partial charge on any atom is 0.228 e. The van der Waals surface area contributed by atoms with Crippen molar-refractivity contribution in [1.29, 1.82) is 0 Å². The molecule has 1 unspecified atom stereocenters. The van der Waals surface area contributed by atoms with Gasteiger partial charge < -0.3 is 19.8 Å². The Labute approximate surface area is 172 Å². The van der Waals surface area contributed by atoms with Crippen molar-refractivity contribution in [3.8, 4) is 5.75 Å². The second-order valence-corrected chi connectivity index (χ2v) is 8.03. The van der Waals surface area contributed by atoms with Crippen LogP contribution in [0.3, 0.4) is 0 Å². The predicted octanol–water partition coefficient (Wildman–Crippen LogP) is 4.98. The summed E-state index contributed by atoms with van der Waals surface area (Å²) in [6.45, 7) is 3.35. The number of nitrogens with one attached hydrogen (secondary N) is 2. The maximum atomic E-state index is 12.6. The highest BCUT2D eigenvalue weighted by Crippen LogP contribution is 2.26. The van der Waals surface area contributed by atoms with E-state index >= 15 is 0 Å². The molecule has 28 heavy (non-hydrogen) atoms. The summed E-state index contributed by atoms with van der Waals surface area (Å²) in [4.78, 5) is 16.0. The van der Waals surface area contributed by atoms with Crippen LogP contribution in [0.4, 0.5) is 5.69 Å². The minimum Gasteiger partial charge on any atom is -0.491 e. The van der Waals surface area contributed by atoms with Gasteiger partial charge in [-0.05, 0) is 55.7 Å². The van der Waals surface area contributed by atoms with E-state index in [1.54, 1.807) is 0 Å². The lowest BCUT2D eigenvalue weighted by Crippen LogP contribution is -2.17. The summed E-state index contributed by atoms with van der Waals surface area (Å²) in [6.07, 6.45) is 2.61. The van der Waals surface area contributed by atoms with Gasteiger partial charge in [0.05, 0.1) is 12.5 Å². The highest BCUT2D eigenvalue weighted by atomic mass is 79.9. The number of carbonyl (C=O) groups is 1. The Bertz CT molecular complexity index is 993. The fourth-order valence-electron chi connectivity index (χ4n) is 3.58. The quantitative estimate of drug-likeness (QED) is 0.565. The highest BCUT2D eigenvalue weighted by Gasteiger charge is 2.16. The average molecular weight is 443 g/mol. The molecule has 0 bridgehead atoms. The van der Waals surface area contributed by atoms with E-state index in [9.17, 15) is 4.79 Å². The van der Waals surface area contributed by atoms with E-state index in [1.165, 1.54) is 0 Å². The number of ether oxygens (including phenoxy) is 2. The molecule has 1 amide bonds. The molecule has 1 aromatic heterocycles. The number of fused-ring (bicyclic) bond motifs is 1. The second kappa shape index (κ2) is 8.37. The first-order valence-corrected chi connectivity index (χ1v) is 10.3. The summed E-state index contributed by atoms with van der Waals surface area (Å²) >= 11 is 3.51. The van der Waals surface area contributed by atoms with Crippen LogP contribution in [0.2, 0.25) is 0 Å². The van der Waals surface area contributed by atoms with Crippen molar-refractivity contribution in [2.75, 3.05) is 18.5 Å². The predicted molar refractivity (Wildman–Crippen MR) is 114 cm³/mol. The van der Waals surface area contributed by atoms with Crippen LogP contribution in [0.5, 0.6) is 5.75 Å². The normalized spacial score (nSPS) is 16.4. The summed E-state index contributed by atoms with van der Waals surface area (Å²) in [6, 6.07) is 13.6. The highest BCUT2D eigenvalue weighted by molar-refractivity contribution is 9.10. The van der Waals surface area contributed by atoms with Gasteiger partial charge in [-0.15, -0.1) is 0 Å². The van der Waals surface area contributed by atoms with Gasteiger partial charge in [0, 0.05) is 39.4 Å². The first-order chi connectivity index (χ1) is 13.6. The van der Waals surface area contributed by atoms with Gasteiger partial charge in [0.1, 0.15) is 12.4 Å². The lowest BCUT2D eigenvalue weighted by atomic mass is 10.1. The Morgan fingerprint density at radius 1 is 1.32 bits per heavy atom. The van der Waals surface area contributed by atoms with Gasteiger partial charge >= 0.3 is 0 Å². The number of hydrogen-bond acceptors (Lipinski definition) is 3. The van der Waals surface area contributed by atoms with Crippen molar-refractivity contribution >= 4 is 38.4 Å². The molecule has 2 heterocycles. The van der Waals surface area contributed by atoms with Crippen LogP contribution in [0.15, 0.2) is 46.9 Å². The molecule has 0 radical (unpaired) electrons. The van der Waals surface area contributed by atoms with Crippen LogP contribution in [-0.2, 0) is 16.0 Å². The van der Waals surface area contributed by atoms with Crippen molar-refractivity contribution in [3.63, 3.8) is 0 Å². The summed E-state index contributed by atoms with van der Waals surface area (Å²) in [5.41, 5.74) is 3.79. The third kappa shape index (κ3) is 4.39. The lowest BCUT2D eigenvalue weighted by molar-refractivity contribution is -0.115. The Hall–Kier alpha value is -2.31. The number of H-pyrrole nitrogens is 1. The molecule has 0 spiro atoms. The average Bonchev–Trinajstić information content (AvgIpc) is 3.29. The summed E-state index contributed by atoms with van der Waals surface area (Å²) < 4.78 is 12.4. The van der Waals surface area contributed by atoms with Crippen LogP contribution in [0.1, 0.15) is 24.1 Å². The third-order valence-corrected chi connectivity index (χ3v) is 5.49. The molecule has 146 valence electrons. The van der Waals surface area contributed by atoms with E-state index in [4.69, 9.17) is 9.47 Å². The van der Waals surface area contributed by atoms with E-state index in [1.807, 2.05) is 49.4 Å². The monoisotopic (exact) mass is 442 g/mol. The Balaban J connectivity index is 1.42. The molecule has 5 nitrogen and oxygen atoms in total. The van der Waals surface area contributed by atoms with E-state index in [0.29, 0.717) is 13.0 Å². The third-order valence-electron chi connectivity index (χ3n) is 5.00. The van der Waals surface area contributed by atoms with Crippen LogP contribution < -0.4 is 10.1 Å². The van der Waals surface area contributed by atoms with Gasteiger partial charge in [-0.2, -0.15) is 0 Å². The molecule has 1 aliphatic rings. The minimum atomic E-state index is -0.0553. The number of aromatic amines is 1. The largest absolute Gasteiger partial charge is 0.491 e. The van der Waals surface area contributed by atoms with Gasteiger partial charge in [0.15, 0.2) is 0 Å². The zero-order valence-corrected chi connectivity index (χ0v) is 17.3. The van der Waals surface area contributed by atoms with Crippen molar-refractivity contribution in [1.82, 2.24) is 4.98 Å². The van der Waals surface area contributed by atoms with Crippen LogP contribution in [0.25, 0.3) is 10.9 Å². The van der Waals surface area contributed by atoms with Gasteiger partial charge in [-0.3, -0.25) is 4.79 Å². The molecule has 1 saturated heterocycles. The van der Waals surface area contributed by atoms with E-state index in [2.05, 4.69) is 26.2 Å². The van der Waals surface area contributed by atoms with Gasteiger partial charge in [-0.25, -0.2) is 0 Å². The first-order valence-electron chi connectivity index (χ1n) is 9.49. The van der Waals surface area contributed by atoms with Gasteiger partial charge in [0.25, 0.3) is 0 Å². The number of benzene rings is 2. The molecule has 2 N–H and O–H groups in total. The SMILES string of the molecule is Cc1[nH]c2ccc(Br)cc2c1CC(=O)Nc1cccc(OCC2CCCO2)c1. The van der Waals surface area contributed by atoms with E-state index in [-0.39, 0.29) is 12.0 Å². The number of rotatable bonds is 6. The summed E-state index contributed by atoms with van der Waals surface area (Å²) in [5, 5.41) is 4.04. The van der Waals surface area contributed by atoms with Crippen LogP contribution in [0, 0.1) is 6.92 Å². The standard InChI is InChI=1S/C22H23BrN2O3/c1-14-19(20-10-15(23)7-8-21(20)24-14)12-22(26)25-16-4-2-5-17(11-16)28-13-18-6-3-9-27-18/h2,4-5,7-8,10-11,18,24H,3,6,9,12-13H2,1H3,(H,25,26). The lowest BCUT2D eigenvalue weighted by Gasteiger charge is -2.12. The van der Waals surface area contributed by atoms with Crippen LogP contribution >= 0.6 is 15.9 Å². The number of anilines is 1. The van der Waals surface area contributed by atoms with Gasteiger partial charge in [0.2, 0.25) is 5.91 Å². The summed E-state index contributed by atoms with van der Waals surface area (Å²) in [7, 11) is 0. The molecule has 4 rings (SSSR count). The van der Waals surface area contributed by atoms with E-state index in [0.717, 1.165) is 57.5 Å². The maximum absolute atomic E-state index is 12.6. The zero-order chi connectivity index (χ0) is 19.5. The summed E-state index contributed by atoms with van der Waals surface area (Å²) in [5.74, 6) is 0.681. The number of aromatic nitrogens is 1. The van der Waals surface area contributed by atoms with Gasteiger partial charge in [-0.1, -0.05) is 22.0 Å². The first kappa shape index (κ1) is 19.0. The Morgan fingerprint density at radius 3 is 3.04 bits per heavy atom. The molecule has 1 aliphatic heterocycles. The molecular weight excluding hydrogens is 420 g/mol. The molecule has 6 heteroatoms. The molecular formula is C22H23BrN2O3. The van der Waals surface area contributed by atoms with Crippen molar-refractivity contribution in [3.05, 3.63) is 58.2 Å². The molecule has 1 atom stereocenters. The fraction of sp³-hybridized carbons (Fsp3) is 0.318. The minimum absolute atomic E-state index is 0.0553. The Morgan fingerprint density at radius 2 is 2.21 bits per heavy atom. The number of halogens is 1. The molecule has 1 fully saturated rings. The fourth-order valence-corrected chi connectivity index (χ4v) is 3.94. The topological polar surface area (TPSA) is 63.4 Å². The van der Waals surface area contributed by atoms with Crippen molar-refractivity contribution < 1.29 is 14.3 Å². The van der Waals surface area contributed by atoms with Crippen LogP contribution in [-0.4, -0.2) is 30.2 Å². The number of hydrogen-bond donors (Lipinski definition) is 2. The number of amides is 1. The Kier molecular flexibility index (Phi) is 5.69. The van der Waals surface area contributed by atoms with Crippen molar-refractivity contribution in [2.24, 2.45) is 0 Å². The molecule has 2 aromatic carbocycles. The van der Waals surface area contributed by atoms with E-state index < -0.39 is 0 Å². The molecule has 3 aromatic rings. The number of aryl methyl sites for hydroxylation is 1. The number of carbonyl (C=O) groups excluding carboxylic acids is 1. The molecule has 0 aliphatic carbocycles. The smallest absolute Gasteiger partial charge is 0.228 e. The van der Waals surface area contributed by atoms with Crippen molar-refractivity contribution in [2.45, 2.75) is 32.3 Å². The molecule has 0 saturated carbocycles. The second-order valence-electron chi connectivity index (χ2n) is 7.12. The zero-order valence-electron chi connectivity index (χ0n) is 15.8.